The minimum absolute atomic E-state index is 0.854. The Bertz CT molecular complexity index is 805. The average molecular weight is 275 g/mol. The van der Waals surface area contributed by atoms with E-state index in [1.165, 1.54) is 0 Å². The number of ether oxygens (including phenoxy) is 1. The summed E-state index contributed by atoms with van der Waals surface area (Å²) in [5.74, 6) is 0.854. The summed E-state index contributed by atoms with van der Waals surface area (Å²) in [7, 11) is 1.68. The van der Waals surface area contributed by atoms with Gasteiger partial charge in [0.2, 0.25) is 0 Å². The van der Waals surface area contributed by atoms with E-state index in [9.17, 15) is 0 Å². The standard InChI is InChI=1S/C19H17NO/c1-3-17(15-8-6-9-16(13-15)21-2)19-12-11-14-7-4-5-10-18(14)20-19/h3-13H,1-2H3/b17-3-. The summed E-state index contributed by atoms with van der Waals surface area (Å²) >= 11 is 0. The maximum absolute atomic E-state index is 5.31. The number of methoxy groups -OCH3 is 1. The van der Waals surface area contributed by atoms with Gasteiger partial charge in [-0.2, -0.15) is 0 Å². The Morgan fingerprint density at radius 3 is 2.67 bits per heavy atom. The van der Waals surface area contributed by atoms with Gasteiger partial charge in [-0.1, -0.05) is 42.5 Å². The lowest BCUT2D eigenvalue weighted by molar-refractivity contribution is 0.414. The highest BCUT2D eigenvalue weighted by Crippen LogP contribution is 2.26. The summed E-state index contributed by atoms with van der Waals surface area (Å²) < 4.78 is 5.31. The van der Waals surface area contributed by atoms with Gasteiger partial charge in [0.05, 0.1) is 18.3 Å². The van der Waals surface area contributed by atoms with E-state index >= 15 is 0 Å². The van der Waals surface area contributed by atoms with Crippen molar-refractivity contribution in [3.05, 3.63) is 78.0 Å². The molecule has 1 heterocycles. The Morgan fingerprint density at radius 1 is 1.00 bits per heavy atom. The summed E-state index contributed by atoms with van der Waals surface area (Å²) in [5.41, 5.74) is 4.21. The maximum atomic E-state index is 5.31. The quantitative estimate of drug-likeness (QED) is 0.691. The lowest BCUT2D eigenvalue weighted by atomic mass is 10.0. The fourth-order valence-corrected chi connectivity index (χ4v) is 2.47. The zero-order chi connectivity index (χ0) is 14.7. The van der Waals surface area contributed by atoms with E-state index in [1.807, 2.05) is 43.3 Å². The molecule has 0 bridgehead atoms. The van der Waals surface area contributed by atoms with E-state index in [0.29, 0.717) is 0 Å². The molecule has 0 atom stereocenters. The molecule has 0 fully saturated rings. The van der Waals surface area contributed by atoms with Crippen LogP contribution in [-0.2, 0) is 0 Å². The molecule has 2 aromatic carbocycles. The van der Waals surface area contributed by atoms with Crippen LogP contribution in [0.1, 0.15) is 18.2 Å². The normalized spacial score (nSPS) is 11.6. The van der Waals surface area contributed by atoms with Crippen LogP contribution in [0.3, 0.4) is 0 Å². The first-order valence-corrected chi connectivity index (χ1v) is 6.99. The van der Waals surface area contributed by atoms with Crippen LogP contribution < -0.4 is 4.74 Å². The molecule has 0 radical (unpaired) electrons. The van der Waals surface area contributed by atoms with Crippen LogP contribution >= 0.6 is 0 Å². The van der Waals surface area contributed by atoms with Gasteiger partial charge in [0.15, 0.2) is 0 Å². The van der Waals surface area contributed by atoms with Gasteiger partial charge >= 0.3 is 0 Å². The molecule has 2 nitrogen and oxygen atoms in total. The largest absolute Gasteiger partial charge is 0.497 e. The lowest BCUT2D eigenvalue weighted by Crippen LogP contribution is -1.93. The van der Waals surface area contributed by atoms with Crippen LogP contribution in [0.4, 0.5) is 0 Å². The van der Waals surface area contributed by atoms with Crippen LogP contribution in [0.15, 0.2) is 66.7 Å². The van der Waals surface area contributed by atoms with Crippen molar-refractivity contribution >= 4 is 16.5 Å². The molecule has 2 heteroatoms. The second-order valence-electron chi connectivity index (χ2n) is 4.82. The average Bonchev–Trinajstić information content (AvgIpc) is 2.56. The predicted octanol–water partition coefficient (Wildman–Crippen LogP) is 4.70. The molecule has 3 rings (SSSR count). The highest BCUT2D eigenvalue weighted by atomic mass is 16.5. The lowest BCUT2D eigenvalue weighted by Gasteiger charge is -2.09. The van der Waals surface area contributed by atoms with E-state index in [4.69, 9.17) is 9.72 Å². The van der Waals surface area contributed by atoms with Gasteiger partial charge < -0.3 is 4.74 Å². The Morgan fingerprint density at radius 2 is 1.86 bits per heavy atom. The van der Waals surface area contributed by atoms with E-state index in [2.05, 4.69) is 30.3 Å². The molecule has 0 aliphatic carbocycles. The van der Waals surface area contributed by atoms with Crippen molar-refractivity contribution in [1.82, 2.24) is 4.98 Å². The van der Waals surface area contributed by atoms with Crippen molar-refractivity contribution in [1.29, 1.82) is 0 Å². The van der Waals surface area contributed by atoms with Gasteiger partial charge in [0.1, 0.15) is 5.75 Å². The topological polar surface area (TPSA) is 22.1 Å². The number of pyridine rings is 1. The second-order valence-corrected chi connectivity index (χ2v) is 4.82. The molecule has 0 spiro atoms. The van der Waals surface area contributed by atoms with Crippen molar-refractivity contribution in [2.75, 3.05) is 7.11 Å². The van der Waals surface area contributed by atoms with Crippen LogP contribution in [0, 0.1) is 0 Å². The van der Waals surface area contributed by atoms with E-state index < -0.39 is 0 Å². The number of nitrogens with zero attached hydrogens (tertiary/aromatic N) is 1. The van der Waals surface area contributed by atoms with Gasteiger partial charge in [-0.3, -0.25) is 0 Å². The molecular formula is C19H17NO. The van der Waals surface area contributed by atoms with E-state index in [0.717, 1.165) is 33.5 Å². The number of allylic oxidation sites excluding steroid dienone is 1. The SMILES string of the molecule is C/C=C(/c1cccc(OC)c1)c1ccc2ccccc2n1. The Balaban J connectivity index is 2.09. The molecule has 0 saturated heterocycles. The summed E-state index contributed by atoms with van der Waals surface area (Å²) in [6.07, 6.45) is 2.09. The molecule has 0 unspecified atom stereocenters. The Hall–Kier alpha value is -2.61. The van der Waals surface area contributed by atoms with E-state index in [1.54, 1.807) is 7.11 Å². The third kappa shape index (κ3) is 2.65. The Labute approximate surface area is 124 Å². The van der Waals surface area contributed by atoms with E-state index in [-0.39, 0.29) is 0 Å². The van der Waals surface area contributed by atoms with Gasteiger partial charge in [-0.05, 0) is 36.8 Å². The number of benzene rings is 2. The number of hydrogen-bond acceptors (Lipinski definition) is 2. The smallest absolute Gasteiger partial charge is 0.119 e. The number of hydrogen-bond donors (Lipinski definition) is 0. The number of para-hydroxylation sites is 1. The molecular weight excluding hydrogens is 258 g/mol. The zero-order valence-electron chi connectivity index (χ0n) is 12.2. The van der Waals surface area contributed by atoms with Crippen LogP contribution in [-0.4, -0.2) is 12.1 Å². The van der Waals surface area contributed by atoms with Crippen molar-refractivity contribution in [2.45, 2.75) is 6.92 Å². The first-order valence-electron chi connectivity index (χ1n) is 6.99. The fraction of sp³-hybridized carbons (Fsp3) is 0.105. The molecule has 0 saturated carbocycles. The Kier molecular flexibility index (Phi) is 3.69. The number of aromatic nitrogens is 1. The first-order chi connectivity index (χ1) is 10.3. The summed E-state index contributed by atoms with van der Waals surface area (Å²) in [4.78, 5) is 4.77. The van der Waals surface area contributed by atoms with Gasteiger partial charge in [0, 0.05) is 11.0 Å². The first kappa shape index (κ1) is 13.4. The minimum atomic E-state index is 0.854. The molecule has 21 heavy (non-hydrogen) atoms. The highest BCUT2D eigenvalue weighted by Gasteiger charge is 2.07. The minimum Gasteiger partial charge on any atom is -0.497 e. The third-order valence-electron chi connectivity index (χ3n) is 3.54. The highest BCUT2D eigenvalue weighted by molar-refractivity contribution is 5.84. The van der Waals surface area contributed by atoms with Gasteiger partial charge in [-0.15, -0.1) is 0 Å². The van der Waals surface area contributed by atoms with Crippen LogP contribution in [0.2, 0.25) is 0 Å². The number of rotatable bonds is 3. The summed E-state index contributed by atoms with van der Waals surface area (Å²) in [5, 5.41) is 1.15. The predicted molar refractivity (Wildman–Crippen MR) is 87.5 cm³/mol. The van der Waals surface area contributed by atoms with Crippen molar-refractivity contribution in [2.24, 2.45) is 0 Å². The van der Waals surface area contributed by atoms with Crippen molar-refractivity contribution < 1.29 is 4.74 Å². The molecule has 104 valence electrons. The molecule has 3 aromatic rings. The van der Waals surface area contributed by atoms with Crippen LogP contribution in [0.25, 0.3) is 16.5 Å². The number of fused-ring (bicyclic) bond motifs is 1. The molecule has 0 aliphatic rings. The second kappa shape index (κ2) is 5.80. The summed E-state index contributed by atoms with van der Waals surface area (Å²) in [6.45, 7) is 2.03. The van der Waals surface area contributed by atoms with Gasteiger partial charge in [0.25, 0.3) is 0 Å². The molecule has 0 N–H and O–H groups in total. The molecule has 0 aliphatic heterocycles. The fourth-order valence-electron chi connectivity index (χ4n) is 2.47. The van der Waals surface area contributed by atoms with Crippen molar-refractivity contribution in [3.8, 4) is 5.75 Å². The zero-order valence-corrected chi connectivity index (χ0v) is 12.2. The summed E-state index contributed by atoms with van der Waals surface area (Å²) in [6, 6.07) is 20.4. The van der Waals surface area contributed by atoms with Gasteiger partial charge in [-0.25, -0.2) is 4.98 Å². The monoisotopic (exact) mass is 275 g/mol. The van der Waals surface area contributed by atoms with Crippen molar-refractivity contribution in [3.63, 3.8) is 0 Å². The third-order valence-corrected chi connectivity index (χ3v) is 3.54. The van der Waals surface area contributed by atoms with Crippen LogP contribution in [0.5, 0.6) is 5.75 Å². The molecule has 1 aromatic heterocycles. The molecule has 0 amide bonds. The maximum Gasteiger partial charge on any atom is 0.119 e.